The van der Waals surface area contributed by atoms with Gasteiger partial charge in [-0.3, -0.25) is 9.59 Å². The van der Waals surface area contributed by atoms with E-state index in [9.17, 15) is 9.59 Å². The number of benzene rings is 1. The fourth-order valence-electron chi connectivity index (χ4n) is 2.36. The van der Waals surface area contributed by atoms with Gasteiger partial charge < -0.3 is 10.2 Å². The predicted molar refractivity (Wildman–Crippen MR) is 98.3 cm³/mol. The fraction of sp³-hybridized carbons (Fsp3) is 0.333. The van der Waals surface area contributed by atoms with Crippen molar-refractivity contribution in [3.8, 4) is 0 Å². The van der Waals surface area contributed by atoms with Crippen LogP contribution in [0.3, 0.4) is 0 Å². The molecule has 4 nitrogen and oxygen atoms in total. The number of likely N-dealkylation sites (N-methyl/N-ethyl adjacent to an activating group) is 1. The molecular formula is C18H21ClN2O2S. The minimum atomic E-state index is -0.566. The standard InChI is InChI=1S/C18H21ClN2O2S/c1-12(2)16(20-17(22)15-8-5-9-24-15)18(23)21(3)11-13-6-4-7-14(19)10-13/h4-10,12,16H,11H2,1-3H3,(H,20,22). The van der Waals surface area contributed by atoms with E-state index < -0.39 is 6.04 Å². The van der Waals surface area contributed by atoms with Crippen molar-refractivity contribution in [2.45, 2.75) is 26.4 Å². The highest BCUT2D eigenvalue weighted by Crippen LogP contribution is 2.15. The molecule has 2 rings (SSSR count). The Morgan fingerprint density at radius 1 is 1.25 bits per heavy atom. The van der Waals surface area contributed by atoms with Crippen LogP contribution in [-0.4, -0.2) is 29.8 Å². The molecule has 0 radical (unpaired) electrons. The van der Waals surface area contributed by atoms with E-state index in [0.29, 0.717) is 16.4 Å². The lowest BCUT2D eigenvalue weighted by atomic mass is 10.0. The summed E-state index contributed by atoms with van der Waals surface area (Å²) < 4.78 is 0. The molecule has 128 valence electrons. The third-order valence-corrected chi connectivity index (χ3v) is 4.75. The summed E-state index contributed by atoms with van der Waals surface area (Å²) in [7, 11) is 1.73. The quantitative estimate of drug-likeness (QED) is 0.847. The third kappa shape index (κ3) is 4.82. The number of carbonyl (C=O) groups excluding carboxylic acids is 2. The lowest BCUT2D eigenvalue weighted by Crippen LogP contribution is -2.49. The number of rotatable bonds is 6. The number of hydrogen-bond acceptors (Lipinski definition) is 3. The largest absolute Gasteiger partial charge is 0.340 e. The Bertz CT molecular complexity index is 701. The monoisotopic (exact) mass is 364 g/mol. The Balaban J connectivity index is 2.06. The second kappa shape index (κ2) is 8.31. The van der Waals surface area contributed by atoms with Gasteiger partial charge in [0.05, 0.1) is 4.88 Å². The second-order valence-corrected chi connectivity index (χ2v) is 7.38. The maximum atomic E-state index is 12.8. The molecule has 2 aromatic rings. The van der Waals surface area contributed by atoms with Crippen LogP contribution in [0.2, 0.25) is 5.02 Å². The maximum absolute atomic E-state index is 12.8. The third-order valence-electron chi connectivity index (χ3n) is 3.65. The molecule has 1 N–H and O–H groups in total. The Morgan fingerprint density at radius 2 is 2.00 bits per heavy atom. The molecular weight excluding hydrogens is 344 g/mol. The molecule has 0 saturated carbocycles. The zero-order chi connectivity index (χ0) is 17.7. The van der Waals surface area contributed by atoms with Gasteiger partial charge in [0, 0.05) is 18.6 Å². The van der Waals surface area contributed by atoms with Gasteiger partial charge in [0.2, 0.25) is 5.91 Å². The molecule has 1 aromatic heterocycles. The lowest BCUT2D eigenvalue weighted by molar-refractivity contribution is -0.133. The highest BCUT2D eigenvalue weighted by Gasteiger charge is 2.27. The van der Waals surface area contributed by atoms with Crippen LogP contribution in [0.5, 0.6) is 0 Å². The first-order chi connectivity index (χ1) is 11.4. The number of halogens is 1. The van der Waals surface area contributed by atoms with Crippen molar-refractivity contribution in [2.75, 3.05) is 7.05 Å². The summed E-state index contributed by atoms with van der Waals surface area (Å²) in [5, 5.41) is 5.33. The first kappa shape index (κ1) is 18.5. The second-order valence-electron chi connectivity index (χ2n) is 6.00. The summed E-state index contributed by atoms with van der Waals surface area (Å²) in [5.74, 6) is -0.341. The Kier molecular flexibility index (Phi) is 6.40. The van der Waals surface area contributed by atoms with E-state index in [1.165, 1.54) is 11.3 Å². The van der Waals surface area contributed by atoms with Crippen LogP contribution < -0.4 is 5.32 Å². The normalized spacial score (nSPS) is 12.0. The van der Waals surface area contributed by atoms with Crippen LogP contribution in [0.1, 0.15) is 29.1 Å². The molecule has 0 bridgehead atoms. The first-order valence-electron chi connectivity index (χ1n) is 7.72. The number of amides is 2. The molecule has 1 unspecified atom stereocenters. The van der Waals surface area contributed by atoms with Gasteiger partial charge in [0.15, 0.2) is 0 Å². The van der Waals surface area contributed by atoms with Gasteiger partial charge in [-0.25, -0.2) is 0 Å². The molecule has 0 fully saturated rings. The number of thiophene rings is 1. The fourth-order valence-corrected chi connectivity index (χ4v) is 3.20. The molecule has 0 aliphatic heterocycles. The van der Waals surface area contributed by atoms with Gasteiger partial charge in [-0.1, -0.05) is 43.6 Å². The molecule has 1 atom stereocenters. The minimum Gasteiger partial charge on any atom is -0.340 e. The molecule has 1 heterocycles. The average molecular weight is 365 g/mol. The highest BCUT2D eigenvalue weighted by atomic mass is 35.5. The van der Waals surface area contributed by atoms with Gasteiger partial charge in [0.1, 0.15) is 6.04 Å². The van der Waals surface area contributed by atoms with E-state index in [0.717, 1.165) is 5.56 Å². The van der Waals surface area contributed by atoms with Gasteiger partial charge in [-0.2, -0.15) is 0 Å². The predicted octanol–water partition coefficient (Wildman–Crippen LogP) is 3.81. The summed E-state index contributed by atoms with van der Waals surface area (Å²) in [5.41, 5.74) is 0.949. The van der Waals surface area contributed by atoms with E-state index in [2.05, 4.69) is 5.32 Å². The van der Waals surface area contributed by atoms with E-state index in [1.54, 1.807) is 24.1 Å². The van der Waals surface area contributed by atoms with Crippen LogP contribution in [0.25, 0.3) is 0 Å². The van der Waals surface area contributed by atoms with Gasteiger partial charge in [0.25, 0.3) is 5.91 Å². The molecule has 1 aromatic carbocycles. The molecule has 0 spiro atoms. The van der Waals surface area contributed by atoms with Crippen molar-refractivity contribution in [3.63, 3.8) is 0 Å². The Labute approximate surface area is 151 Å². The van der Waals surface area contributed by atoms with Crippen molar-refractivity contribution in [1.82, 2.24) is 10.2 Å². The van der Waals surface area contributed by atoms with Crippen LogP contribution in [0, 0.1) is 5.92 Å². The van der Waals surface area contributed by atoms with E-state index >= 15 is 0 Å². The summed E-state index contributed by atoms with van der Waals surface area (Å²) in [6.07, 6.45) is 0. The van der Waals surface area contributed by atoms with E-state index in [1.807, 2.05) is 43.5 Å². The van der Waals surface area contributed by atoms with Gasteiger partial charge in [-0.15, -0.1) is 11.3 Å². The van der Waals surface area contributed by atoms with Crippen LogP contribution in [0.15, 0.2) is 41.8 Å². The lowest BCUT2D eigenvalue weighted by Gasteiger charge is -2.27. The summed E-state index contributed by atoms with van der Waals surface area (Å²) in [6, 6.07) is 10.4. The number of nitrogens with zero attached hydrogens (tertiary/aromatic N) is 1. The molecule has 0 aliphatic carbocycles. The average Bonchev–Trinajstić information content (AvgIpc) is 3.06. The van der Waals surface area contributed by atoms with Crippen molar-refractivity contribution in [2.24, 2.45) is 5.92 Å². The topological polar surface area (TPSA) is 49.4 Å². The zero-order valence-electron chi connectivity index (χ0n) is 14.0. The molecule has 0 saturated heterocycles. The van der Waals surface area contributed by atoms with Crippen molar-refractivity contribution in [3.05, 3.63) is 57.2 Å². The summed E-state index contributed by atoms with van der Waals surface area (Å²) in [4.78, 5) is 27.2. The van der Waals surface area contributed by atoms with Crippen molar-refractivity contribution >= 4 is 34.8 Å². The number of carbonyl (C=O) groups is 2. The Morgan fingerprint density at radius 3 is 2.58 bits per heavy atom. The van der Waals surface area contributed by atoms with E-state index in [-0.39, 0.29) is 17.7 Å². The van der Waals surface area contributed by atoms with Crippen LogP contribution in [0.4, 0.5) is 0 Å². The molecule has 24 heavy (non-hydrogen) atoms. The van der Waals surface area contributed by atoms with Gasteiger partial charge >= 0.3 is 0 Å². The summed E-state index contributed by atoms with van der Waals surface area (Å²) in [6.45, 7) is 4.28. The molecule has 0 aliphatic rings. The minimum absolute atomic E-state index is 0.0109. The molecule has 2 amide bonds. The van der Waals surface area contributed by atoms with Crippen molar-refractivity contribution < 1.29 is 9.59 Å². The highest BCUT2D eigenvalue weighted by molar-refractivity contribution is 7.12. The SMILES string of the molecule is CC(C)C(NC(=O)c1cccs1)C(=O)N(C)Cc1cccc(Cl)c1. The van der Waals surface area contributed by atoms with Crippen LogP contribution in [-0.2, 0) is 11.3 Å². The zero-order valence-corrected chi connectivity index (χ0v) is 15.5. The van der Waals surface area contributed by atoms with Gasteiger partial charge in [-0.05, 0) is 35.1 Å². The number of hydrogen-bond donors (Lipinski definition) is 1. The van der Waals surface area contributed by atoms with E-state index in [4.69, 9.17) is 11.6 Å². The van der Waals surface area contributed by atoms with Crippen molar-refractivity contribution in [1.29, 1.82) is 0 Å². The Hall–Kier alpha value is -1.85. The van der Waals surface area contributed by atoms with Crippen LogP contribution >= 0.6 is 22.9 Å². The number of nitrogens with one attached hydrogen (secondary N) is 1. The smallest absolute Gasteiger partial charge is 0.262 e. The first-order valence-corrected chi connectivity index (χ1v) is 8.98. The molecule has 6 heteroatoms. The maximum Gasteiger partial charge on any atom is 0.262 e. The summed E-state index contributed by atoms with van der Waals surface area (Å²) >= 11 is 7.34.